The standard InChI is InChI=1S/C30H31NO2/c1-22-18-25(30(2,3)4)19-27(28(22)32-20-23-12-7-5-8-13-23)26-16-11-17-31-29(26)33-21-24-14-9-6-10-15-24/h5-19H,20-21H2,1-4H3. The van der Waals surface area contributed by atoms with Crippen LogP contribution >= 0.6 is 0 Å². The summed E-state index contributed by atoms with van der Waals surface area (Å²) in [5.41, 5.74) is 6.54. The van der Waals surface area contributed by atoms with E-state index in [0.29, 0.717) is 19.1 Å². The van der Waals surface area contributed by atoms with Crippen molar-refractivity contribution < 1.29 is 9.47 Å². The number of hydrogen-bond donors (Lipinski definition) is 0. The molecule has 0 N–H and O–H groups in total. The van der Waals surface area contributed by atoms with Gasteiger partial charge < -0.3 is 9.47 Å². The Kier molecular flexibility index (Phi) is 6.79. The van der Waals surface area contributed by atoms with E-state index < -0.39 is 0 Å². The lowest BCUT2D eigenvalue weighted by Crippen LogP contribution is -2.12. The fourth-order valence-corrected chi connectivity index (χ4v) is 3.77. The van der Waals surface area contributed by atoms with Crippen LogP contribution in [0.5, 0.6) is 11.6 Å². The van der Waals surface area contributed by atoms with E-state index in [-0.39, 0.29) is 5.41 Å². The minimum atomic E-state index is 0.00470. The number of aromatic nitrogens is 1. The van der Waals surface area contributed by atoms with Crippen LogP contribution in [0.1, 0.15) is 43.0 Å². The fraction of sp³-hybridized carbons (Fsp3) is 0.233. The Balaban J connectivity index is 1.74. The fourth-order valence-electron chi connectivity index (χ4n) is 3.77. The van der Waals surface area contributed by atoms with E-state index >= 15 is 0 Å². The van der Waals surface area contributed by atoms with Crippen LogP contribution in [0, 0.1) is 6.92 Å². The summed E-state index contributed by atoms with van der Waals surface area (Å²) >= 11 is 0. The van der Waals surface area contributed by atoms with E-state index in [1.165, 1.54) is 5.56 Å². The SMILES string of the molecule is Cc1cc(C(C)(C)C)cc(-c2cccnc2OCc2ccccc2)c1OCc1ccccc1. The van der Waals surface area contributed by atoms with Crippen LogP contribution in [0.25, 0.3) is 11.1 Å². The molecule has 4 rings (SSSR count). The summed E-state index contributed by atoms with van der Waals surface area (Å²) in [7, 11) is 0. The predicted octanol–water partition coefficient (Wildman–Crippen LogP) is 7.51. The van der Waals surface area contributed by atoms with E-state index in [4.69, 9.17) is 9.47 Å². The Morgan fingerprint density at radius 2 is 1.30 bits per heavy atom. The Hall–Kier alpha value is -3.59. The second kappa shape index (κ2) is 9.91. The molecule has 0 amide bonds. The molecule has 33 heavy (non-hydrogen) atoms. The zero-order chi connectivity index (χ0) is 23.3. The molecule has 0 saturated carbocycles. The average Bonchev–Trinajstić information content (AvgIpc) is 2.82. The van der Waals surface area contributed by atoms with Crippen LogP contribution in [0.4, 0.5) is 0 Å². The van der Waals surface area contributed by atoms with Gasteiger partial charge in [0.15, 0.2) is 0 Å². The van der Waals surface area contributed by atoms with Crippen molar-refractivity contribution in [2.45, 2.75) is 46.3 Å². The van der Waals surface area contributed by atoms with Crippen molar-refractivity contribution in [3.63, 3.8) is 0 Å². The molecule has 0 aliphatic heterocycles. The van der Waals surface area contributed by atoms with E-state index in [2.05, 4.69) is 75.1 Å². The minimum Gasteiger partial charge on any atom is -0.488 e. The van der Waals surface area contributed by atoms with Crippen molar-refractivity contribution in [1.82, 2.24) is 4.98 Å². The second-order valence-electron chi connectivity index (χ2n) is 9.32. The summed E-state index contributed by atoms with van der Waals surface area (Å²) in [4.78, 5) is 4.57. The van der Waals surface area contributed by atoms with E-state index in [1.807, 2.05) is 42.5 Å². The van der Waals surface area contributed by atoms with Crippen LogP contribution in [0.2, 0.25) is 0 Å². The molecule has 4 aromatic rings. The molecular formula is C30H31NO2. The highest BCUT2D eigenvalue weighted by molar-refractivity contribution is 5.77. The third-order valence-corrected chi connectivity index (χ3v) is 5.65. The normalized spacial score (nSPS) is 11.3. The molecular weight excluding hydrogens is 406 g/mol. The lowest BCUT2D eigenvalue weighted by molar-refractivity contribution is 0.293. The molecule has 0 atom stereocenters. The number of hydrogen-bond acceptors (Lipinski definition) is 3. The molecule has 0 bridgehead atoms. The zero-order valence-corrected chi connectivity index (χ0v) is 19.8. The summed E-state index contributed by atoms with van der Waals surface area (Å²) in [5.74, 6) is 1.47. The van der Waals surface area contributed by atoms with Gasteiger partial charge in [-0.25, -0.2) is 4.98 Å². The maximum Gasteiger partial charge on any atom is 0.221 e. The van der Waals surface area contributed by atoms with Gasteiger partial charge in [0.05, 0.1) is 0 Å². The van der Waals surface area contributed by atoms with E-state index in [1.54, 1.807) is 6.20 Å². The van der Waals surface area contributed by atoms with Crippen molar-refractivity contribution in [3.8, 4) is 22.8 Å². The van der Waals surface area contributed by atoms with Gasteiger partial charge in [-0.2, -0.15) is 0 Å². The molecule has 3 nitrogen and oxygen atoms in total. The van der Waals surface area contributed by atoms with Gasteiger partial charge in [0.25, 0.3) is 0 Å². The van der Waals surface area contributed by atoms with Crippen LogP contribution in [0.3, 0.4) is 0 Å². The number of pyridine rings is 1. The molecule has 1 heterocycles. The maximum absolute atomic E-state index is 6.41. The first-order valence-electron chi connectivity index (χ1n) is 11.4. The monoisotopic (exact) mass is 437 g/mol. The molecule has 0 aliphatic carbocycles. The van der Waals surface area contributed by atoms with Crippen LogP contribution in [-0.2, 0) is 18.6 Å². The maximum atomic E-state index is 6.41. The number of benzene rings is 3. The Morgan fingerprint density at radius 1 is 0.697 bits per heavy atom. The summed E-state index contributed by atoms with van der Waals surface area (Å²) < 4.78 is 12.6. The van der Waals surface area contributed by atoms with E-state index in [0.717, 1.165) is 33.6 Å². The Labute approximate surface area is 197 Å². The van der Waals surface area contributed by atoms with Crippen molar-refractivity contribution in [1.29, 1.82) is 0 Å². The topological polar surface area (TPSA) is 31.4 Å². The van der Waals surface area contributed by atoms with Gasteiger partial charge in [0.1, 0.15) is 19.0 Å². The van der Waals surface area contributed by atoms with Crippen molar-refractivity contribution in [2.24, 2.45) is 0 Å². The molecule has 0 aliphatic rings. The number of nitrogens with zero attached hydrogens (tertiary/aromatic N) is 1. The van der Waals surface area contributed by atoms with Gasteiger partial charge in [-0.3, -0.25) is 0 Å². The molecule has 0 spiro atoms. The summed E-state index contributed by atoms with van der Waals surface area (Å²) in [6.07, 6.45) is 1.77. The second-order valence-corrected chi connectivity index (χ2v) is 9.32. The van der Waals surface area contributed by atoms with Crippen LogP contribution in [-0.4, -0.2) is 4.98 Å². The summed E-state index contributed by atoms with van der Waals surface area (Å²) in [6, 6.07) is 28.9. The van der Waals surface area contributed by atoms with Crippen LogP contribution < -0.4 is 9.47 Å². The number of rotatable bonds is 7. The smallest absolute Gasteiger partial charge is 0.221 e. The highest BCUT2D eigenvalue weighted by Gasteiger charge is 2.21. The Morgan fingerprint density at radius 3 is 1.91 bits per heavy atom. The van der Waals surface area contributed by atoms with Gasteiger partial charge in [0.2, 0.25) is 5.88 Å². The molecule has 3 heteroatoms. The first kappa shape index (κ1) is 22.6. The molecule has 0 fully saturated rings. The predicted molar refractivity (Wildman–Crippen MR) is 135 cm³/mol. The Bertz CT molecular complexity index is 1200. The van der Waals surface area contributed by atoms with Gasteiger partial charge >= 0.3 is 0 Å². The number of aryl methyl sites for hydroxylation is 1. The summed E-state index contributed by atoms with van der Waals surface area (Å²) in [5, 5.41) is 0. The first-order valence-corrected chi connectivity index (χ1v) is 11.4. The largest absolute Gasteiger partial charge is 0.488 e. The quantitative estimate of drug-likeness (QED) is 0.300. The third-order valence-electron chi connectivity index (χ3n) is 5.65. The molecule has 0 radical (unpaired) electrons. The summed E-state index contributed by atoms with van der Waals surface area (Å²) in [6.45, 7) is 9.76. The molecule has 0 unspecified atom stereocenters. The zero-order valence-electron chi connectivity index (χ0n) is 19.8. The van der Waals surface area contributed by atoms with E-state index in [9.17, 15) is 0 Å². The molecule has 168 valence electrons. The van der Waals surface area contributed by atoms with Gasteiger partial charge in [-0.05, 0) is 52.8 Å². The van der Waals surface area contributed by atoms with Crippen molar-refractivity contribution in [3.05, 3.63) is 113 Å². The first-order chi connectivity index (χ1) is 15.9. The van der Waals surface area contributed by atoms with Crippen molar-refractivity contribution >= 4 is 0 Å². The lowest BCUT2D eigenvalue weighted by Gasteiger charge is -2.24. The van der Waals surface area contributed by atoms with Gasteiger partial charge in [-0.15, -0.1) is 0 Å². The van der Waals surface area contributed by atoms with Crippen molar-refractivity contribution in [2.75, 3.05) is 0 Å². The lowest BCUT2D eigenvalue weighted by atomic mass is 9.84. The highest BCUT2D eigenvalue weighted by Crippen LogP contribution is 2.41. The van der Waals surface area contributed by atoms with Gasteiger partial charge in [0, 0.05) is 17.3 Å². The highest BCUT2D eigenvalue weighted by atomic mass is 16.5. The number of ether oxygens (including phenoxy) is 2. The van der Waals surface area contributed by atoms with Gasteiger partial charge in [-0.1, -0.05) is 87.5 Å². The van der Waals surface area contributed by atoms with Crippen LogP contribution in [0.15, 0.2) is 91.1 Å². The molecule has 0 saturated heterocycles. The molecule has 3 aromatic carbocycles. The third kappa shape index (κ3) is 5.61. The minimum absolute atomic E-state index is 0.00470. The molecule has 1 aromatic heterocycles. The average molecular weight is 438 g/mol.